The van der Waals surface area contributed by atoms with E-state index in [0.29, 0.717) is 5.75 Å². The van der Waals surface area contributed by atoms with E-state index in [4.69, 9.17) is 10.5 Å². The van der Waals surface area contributed by atoms with E-state index >= 15 is 0 Å². The molecule has 3 N–H and O–H groups in total. The molecule has 0 bridgehead atoms. The van der Waals surface area contributed by atoms with Crippen LogP contribution in [0.5, 0.6) is 5.75 Å². The Kier molecular flexibility index (Phi) is 3.53. The highest BCUT2D eigenvalue weighted by Crippen LogP contribution is 2.34. The van der Waals surface area contributed by atoms with Gasteiger partial charge in [-0.15, -0.1) is 0 Å². The average Bonchev–Trinajstić information content (AvgIpc) is 2.17. The smallest absolute Gasteiger partial charge is 0.125 e. The van der Waals surface area contributed by atoms with Crippen LogP contribution in [0.15, 0.2) is 22.7 Å². The van der Waals surface area contributed by atoms with Crippen molar-refractivity contribution in [2.75, 3.05) is 13.7 Å². The molecule has 0 aliphatic rings. The van der Waals surface area contributed by atoms with Crippen LogP contribution in [0.25, 0.3) is 0 Å². The summed E-state index contributed by atoms with van der Waals surface area (Å²) in [6.07, 6.45) is 0. The molecule has 14 heavy (non-hydrogen) atoms. The van der Waals surface area contributed by atoms with Crippen molar-refractivity contribution in [2.45, 2.75) is 12.5 Å². The zero-order valence-electron chi connectivity index (χ0n) is 8.25. The van der Waals surface area contributed by atoms with Crippen molar-refractivity contribution in [3.8, 4) is 5.75 Å². The van der Waals surface area contributed by atoms with Gasteiger partial charge < -0.3 is 15.6 Å². The summed E-state index contributed by atoms with van der Waals surface area (Å²) in [5.74, 6) is 0.679. The van der Waals surface area contributed by atoms with Crippen molar-refractivity contribution in [2.24, 2.45) is 5.73 Å². The van der Waals surface area contributed by atoms with Gasteiger partial charge in [-0.25, -0.2) is 0 Å². The second-order valence-electron chi connectivity index (χ2n) is 3.39. The summed E-state index contributed by atoms with van der Waals surface area (Å²) in [6.45, 7) is 1.63. The fourth-order valence-corrected chi connectivity index (χ4v) is 2.11. The van der Waals surface area contributed by atoms with Gasteiger partial charge in [0.25, 0.3) is 0 Å². The van der Waals surface area contributed by atoms with Crippen LogP contribution in [0.3, 0.4) is 0 Å². The van der Waals surface area contributed by atoms with E-state index in [1.165, 1.54) is 0 Å². The van der Waals surface area contributed by atoms with E-state index in [2.05, 4.69) is 15.9 Å². The minimum absolute atomic E-state index is 0.133. The fraction of sp³-hybridized carbons (Fsp3) is 0.400. The Morgan fingerprint density at radius 2 is 2.21 bits per heavy atom. The van der Waals surface area contributed by atoms with Crippen molar-refractivity contribution < 1.29 is 9.84 Å². The summed E-state index contributed by atoms with van der Waals surface area (Å²) >= 11 is 3.39. The Bertz CT molecular complexity index is 326. The Hall–Kier alpha value is -0.580. The molecule has 1 atom stereocenters. The summed E-state index contributed by atoms with van der Waals surface area (Å²) in [5.41, 5.74) is 5.94. The van der Waals surface area contributed by atoms with Gasteiger partial charge >= 0.3 is 0 Å². The van der Waals surface area contributed by atoms with Gasteiger partial charge in [-0.05, 0) is 19.1 Å². The van der Waals surface area contributed by atoms with Crippen LogP contribution in [0.2, 0.25) is 0 Å². The second-order valence-corrected chi connectivity index (χ2v) is 4.25. The van der Waals surface area contributed by atoms with Crippen LogP contribution in [0.1, 0.15) is 12.5 Å². The third kappa shape index (κ3) is 2.08. The number of aliphatic hydroxyl groups excluding tert-OH is 1. The van der Waals surface area contributed by atoms with Crippen molar-refractivity contribution >= 4 is 15.9 Å². The molecule has 78 valence electrons. The summed E-state index contributed by atoms with van der Waals surface area (Å²) in [5, 5.41) is 9.19. The largest absolute Gasteiger partial charge is 0.496 e. The monoisotopic (exact) mass is 259 g/mol. The van der Waals surface area contributed by atoms with Gasteiger partial charge in [0.15, 0.2) is 0 Å². The molecule has 0 aliphatic carbocycles. The summed E-state index contributed by atoms with van der Waals surface area (Å²) < 4.78 is 6.04. The van der Waals surface area contributed by atoms with Gasteiger partial charge in [0.2, 0.25) is 0 Å². The number of aliphatic hydroxyl groups is 1. The van der Waals surface area contributed by atoms with Gasteiger partial charge in [0, 0.05) is 10.0 Å². The topological polar surface area (TPSA) is 55.5 Å². The number of methoxy groups -OCH3 is 1. The lowest BCUT2D eigenvalue weighted by Crippen LogP contribution is -2.37. The highest BCUT2D eigenvalue weighted by molar-refractivity contribution is 9.10. The van der Waals surface area contributed by atoms with Crippen molar-refractivity contribution in [1.82, 2.24) is 0 Å². The molecular formula is C10H14BrNO2. The molecule has 1 aromatic rings. The molecule has 0 saturated carbocycles. The standard InChI is InChI=1S/C10H14BrNO2/c1-10(12,6-13)9-7(11)4-3-5-8(9)14-2/h3-5,13H,6,12H2,1-2H3/t10-/m0/s1. The van der Waals surface area contributed by atoms with Crippen molar-refractivity contribution in [3.05, 3.63) is 28.2 Å². The molecule has 0 unspecified atom stereocenters. The van der Waals surface area contributed by atoms with Crippen LogP contribution < -0.4 is 10.5 Å². The molecule has 0 heterocycles. The lowest BCUT2D eigenvalue weighted by Gasteiger charge is -2.25. The predicted molar refractivity (Wildman–Crippen MR) is 59.3 cm³/mol. The molecule has 1 rings (SSSR count). The first kappa shape index (κ1) is 11.5. The zero-order chi connectivity index (χ0) is 10.8. The lowest BCUT2D eigenvalue weighted by atomic mass is 9.93. The molecule has 1 aromatic carbocycles. The fourth-order valence-electron chi connectivity index (χ4n) is 1.31. The van der Waals surface area contributed by atoms with Gasteiger partial charge in [-0.3, -0.25) is 0 Å². The number of ether oxygens (including phenoxy) is 1. The van der Waals surface area contributed by atoms with Gasteiger partial charge in [-0.2, -0.15) is 0 Å². The first-order valence-corrected chi connectivity index (χ1v) is 5.05. The summed E-state index contributed by atoms with van der Waals surface area (Å²) in [4.78, 5) is 0. The highest BCUT2D eigenvalue weighted by Gasteiger charge is 2.26. The number of hydrogen-bond acceptors (Lipinski definition) is 3. The van der Waals surface area contributed by atoms with Crippen LogP contribution in [0, 0.1) is 0 Å². The molecule has 0 aliphatic heterocycles. The third-order valence-electron chi connectivity index (χ3n) is 2.09. The maximum Gasteiger partial charge on any atom is 0.125 e. The van der Waals surface area contributed by atoms with E-state index < -0.39 is 5.54 Å². The van der Waals surface area contributed by atoms with E-state index in [0.717, 1.165) is 10.0 Å². The number of benzene rings is 1. The Morgan fingerprint density at radius 1 is 1.57 bits per heavy atom. The van der Waals surface area contributed by atoms with E-state index in [1.807, 2.05) is 18.2 Å². The van der Waals surface area contributed by atoms with Crippen LogP contribution >= 0.6 is 15.9 Å². The molecule has 4 heteroatoms. The Morgan fingerprint density at radius 3 is 2.71 bits per heavy atom. The number of halogens is 1. The quantitative estimate of drug-likeness (QED) is 0.868. The molecule has 0 amide bonds. The van der Waals surface area contributed by atoms with Gasteiger partial charge in [0.05, 0.1) is 19.3 Å². The van der Waals surface area contributed by atoms with E-state index in [-0.39, 0.29) is 6.61 Å². The number of hydrogen-bond donors (Lipinski definition) is 2. The van der Waals surface area contributed by atoms with Crippen LogP contribution in [-0.4, -0.2) is 18.8 Å². The first-order valence-electron chi connectivity index (χ1n) is 4.25. The molecule has 0 saturated heterocycles. The predicted octanol–water partition coefficient (Wildman–Crippen LogP) is 1.62. The maximum atomic E-state index is 9.19. The zero-order valence-corrected chi connectivity index (χ0v) is 9.84. The molecule has 3 nitrogen and oxygen atoms in total. The molecule has 0 aromatic heterocycles. The summed E-state index contributed by atoms with van der Waals surface area (Å²) in [6, 6.07) is 5.55. The lowest BCUT2D eigenvalue weighted by molar-refractivity contribution is 0.206. The number of nitrogens with two attached hydrogens (primary N) is 1. The molecule has 0 spiro atoms. The molecule has 0 fully saturated rings. The number of rotatable bonds is 3. The van der Waals surface area contributed by atoms with Crippen LogP contribution in [-0.2, 0) is 5.54 Å². The van der Waals surface area contributed by atoms with Crippen molar-refractivity contribution in [1.29, 1.82) is 0 Å². The molecular weight excluding hydrogens is 246 g/mol. The third-order valence-corrected chi connectivity index (χ3v) is 2.76. The SMILES string of the molecule is COc1cccc(Br)c1[C@@](C)(N)CO. The highest BCUT2D eigenvalue weighted by atomic mass is 79.9. The Labute approximate surface area is 92.0 Å². The maximum absolute atomic E-state index is 9.19. The average molecular weight is 260 g/mol. The van der Waals surface area contributed by atoms with E-state index in [9.17, 15) is 5.11 Å². The van der Waals surface area contributed by atoms with Gasteiger partial charge in [0.1, 0.15) is 5.75 Å². The van der Waals surface area contributed by atoms with E-state index in [1.54, 1.807) is 14.0 Å². The Balaban J connectivity index is 3.30. The first-order chi connectivity index (χ1) is 6.53. The normalized spacial score (nSPS) is 14.9. The van der Waals surface area contributed by atoms with Crippen molar-refractivity contribution in [3.63, 3.8) is 0 Å². The minimum atomic E-state index is -0.800. The van der Waals surface area contributed by atoms with Crippen LogP contribution in [0.4, 0.5) is 0 Å². The summed E-state index contributed by atoms with van der Waals surface area (Å²) in [7, 11) is 1.58. The van der Waals surface area contributed by atoms with Gasteiger partial charge in [-0.1, -0.05) is 22.0 Å². The second kappa shape index (κ2) is 4.29. The molecule has 0 radical (unpaired) electrons. The minimum Gasteiger partial charge on any atom is -0.496 e.